The Hall–Kier alpha value is -2.53. The number of urea groups is 1. The molecule has 1 fully saturated rings. The van der Waals surface area contributed by atoms with Gasteiger partial charge in [0.05, 0.1) is 7.11 Å². The van der Waals surface area contributed by atoms with Crippen LogP contribution in [0.15, 0.2) is 48.5 Å². The third kappa shape index (κ3) is 4.35. The van der Waals surface area contributed by atoms with Crippen molar-refractivity contribution in [3.8, 4) is 5.75 Å². The van der Waals surface area contributed by atoms with Crippen LogP contribution in [0.1, 0.15) is 23.2 Å². The molecule has 1 heterocycles. The predicted octanol–water partition coefficient (Wildman–Crippen LogP) is 4.48. The maximum Gasteiger partial charge on any atom is 0.321 e. The Morgan fingerprint density at radius 3 is 2.77 bits per heavy atom. The lowest BCUT2D eigenvalue weighted by molar-refractivity contribution is 0.0851. The minimum Gasteiger partial charge on any atom is -0.497 e. The molecule has 6 heteroatoms. The molecule has 0 bridgehead atoms. The highest BCUT2D eigenvalue weighted by molar-refractivity contribution is 6.31. The predicted molar refractivity (Wildman–Crippen MR) is 102 cm³/mol. The van der Waals surface area contributed by atoms with Crippen molar-refractivity contribution in [1.82, 2.24) is 4.90 Å². The van der Waals surface area contributed by atoms with E-state index in [1.807, 2.05) is 12.1 Å². The number of piperidine rings is 1. The lowest BCUT2D eigenvalue weighted by atomic mass is 9.90. The maximum atomic E-state index is 12.7. The third-order valence-electron chi connectivity index (χ3n) is 4.51. The number of carbonyl (C=O) groups is 2. The van der Waals surface area contributed by atoms with Crippen LogP contribution in [-0.4, -0.2) is 36.9 Å². The van der Waals surface area contributed by atoms with Crippen molar-refractivity contribution in [2.45, 2.75) is 12.8 Å². The van der Waals surface area contributed by atoms with Crippen molar-refractivity contribution >= 4 is 29.1 Å². The fraction of sp³-hybridized carbons (Fsp3) is 0.300. The Kier molecular flexibility index (Phi) is 5.78. The van der Waals surface area contributed by atoms with Gasteiger partial charge < -0.3 is 15.0 Å². The lowest BCUT2D eigenvalue weighted by Gasteiger charge is -2.32. The molecule has 2 aromatic carbocycles. The van der Waals surface area contributed by atoms with Gasteiger partial charge >= 0.3 is 6.03 Å². The number of methoxy groups -OCH3 is 1. The molecule has 2 aromatic rings. The van der Waals surface area contributed by atoms with Crippen LogP contribution < -0.4 is 10.1 Å². The molecule has 0 unspecified atom stereocenters. The van der Waals surface area contributed by atoms with Crippen LogP contribution in [0.25, 0.3) is 0 Å². The highest BCUT2D eigenvalue weighted by Gasteiger charge is 2.29. The molecule has 1 atom stereocenters. The zero-order valence-electron chi connectivity index (χ0n) is 14.6. The molecule has 136 valence electrons. The van der Waals surface area contributed by atoms with Crippen LogP contribution in [0.3, 0.4) is 0 Å². The van der Waals surface area contributed by atoms with E-state index in [0.717, 1.165) is 12.8 Å². The SMILES string of the molecule is COc1cccc(NC(=O)N2CCC[C@@H](C(=O)c3cccc(Cl)c3)C2)c1. The monoisotopic (exact) mass is 372 g/mol. The minimum absolute atomic E-state index is 0.0337. The first kappa shape index (κ1) is 18.3. The summed E-state index contributed by atoms with van der Waals surface area (Å²) in [5.74, 6) is 0.500. The van der Waals surface area contributed by atoms with E-state index in [1.54, 1.807) is 48.4 Å². The number of ether oxygens (including phenoxy) is 1. The number of hydrogen-bond acceptors (Lipinski definition) is 3. The van der Waals surface area contributed by atoms with Crippen LogP contribution in [0.4, 0.5) is 10.5 Å². The van der Waals surface area contributed by atoms with Gasteiger partial charge in [0.15, 0.2) is 5.78 Å². The summed E-state index contributed by atoms with van der Waals surface area (Å²) in [6, 6.07) is 13.9. The molecule has 0 aliphatic carbocycles. The molecule has 0 spiro atoms. The summed E-state index contributed by atoms with van der Waals surface area (Å²) in [4.78, 5) is 27.0. The maximum absolute atomic E-state index is 12.7. The molecule has 1 aliphatic rings. The molecule has 0 saturated carbocycles. The molecule has 0 aromatic heterocycles. The second-order valence-electron chi connectivity index (χ2n) is 6.32. The standard InChI is InChI=1S/C20H21ClN2O3/c1-26-18-9-3-8-17(12-18)22-20(25)23-10-4-6-15(13-23)19(24)14-5-2-7-16(21)11-14/h2-3,5,7-9,11-12,15H,4,6,10,13H2,1H3,(H,22,25)/t15-/m1/s1. The summed E-state index contributed by atoms with van der Waals surface area (Å²) in [5.41, 5.74) is 1.26. The first-order valence-corrected chi connectivity index (χ1v) is 8.94. The Bertz CT molecular complexity index is 809. The number of rotatable bonds is 4. The molecule has 1 saturated heterocycles. The van der Waals surface area contributed by atoms with E-state index in [1.165, 1.54) is 0 Å². The summed E-state index contributed by atoms with van der Waals surface area (Å²) >= 11 is 5.98. The molecule has 0 radical (unpaired) electrons. The average molecular weight is 373 g/mol. The van der Waals surface area contributed by atoms with E-state index < -0.39 is 0 Å². The number of ketones is 1. The summed E-state index contributed by atoms with van der Waals surface area (Å²) in [7, 11) is 1.58. The largest absolute Gasteiger partial charge is 0.497 e. The van der Waals surface area contributed by atoms with Crippen LogP contribution in [0.5, 0.6) is 5.75 Å². The number of anilines is 1. The van der Waals surface area contributed by atoms with Gasteiger partial charge in [-0.3, -0.25) is 4.79 Å². The average Bonchev–Trinajstić information content (AvgIpc) is 2.67. The van der Waals surface area contributed by atoms with E-state index in [2.05, 4.69) is 5.32 Å². The van der Waals surface area contributed by atoms with Crippen molar-refractivity contribution < 1.29 is 14.3 Å². The number of amides is 2. The summed E-state index contributed by atoms with van der Waals surface area (Å²) in [6.45, 7) is 1.04. The van der Waals surface area contributed by atoms with Crippen LogP contribution in [0.2, 0.25) is 5.02 Å². The van der Waals surface area contributed by atoms with Crippen molar-refractivity contribution in [3.05, 3.63) is 59.1 Å². The highest BCUT2D eigenvalue weighted by Crippen LogP contribution is 2.24. The van der Waals surface area contributed by atoms with Gasteiger partial charge in [-0.2, -0.15) is 0 Å². The molecule has 1 N–H and O–H groups in total. The van der Waals surface area contributed by atoms with Gasteiger partial charge in [-0.1, -0.05) is 29.8 Å². The number of halogens is 1. The minimum atomic E-state index is -0.210. The molecule has 26 heavy (non-hydrogen) atoms. The van der Waals surface area contributed by atoms with Gasteiger partial charge in [0.25, 0.3) is 0 Å². The summed E-state index contributed by atoms with van der Waals surface area (Å²) < 4.78 is 5.17. The van der Waals surface area contributed by atoms with Crippen molar-refractivity contribution in [3.63, 3.8) is 0 Å². The molecular formula is C20H21ClN2O3. The van der Waals surface area contributed by atoms with Crippen molar-refractivity contribution in [2.75, 3.05) is 25.5 Å². The molecule has 1 aliphatic heterocycles. The summed E-state index contributed by atoms with van der Waals surface area (Å²) in [5, 5.41) is 3.41. The number of nitrogens with one attached hydrogen (secondary N) is 1. The zero-order chi connectivity index (χ0) is 18.5. The van der Waals surface area contributed by atoms with Gasteiger partial charge in [-0.25, -0.2) is 4.79 Å². The van der Waals surface area contributed by atoms with Gasteiger partial charge in [-0.05, 0) is 37.1 Å². The molecular weight excluding hydrogens is 352 g/mol. The van der Waals surface area contributed by atoms with Crippen molar-refractivity contribution in [2.24, 2.45) is 5.92 Å². The summed E-state index contributed by atoms with van der Waals surface area (Å²) in [6.07, 6.45) is 1.57. The number of nitrogens with zero attached hydrogens (tertiary/aromatic N) is 1. The number of hydrogen-bond donors (Lipinski definition) is 1. The third-order valence-corrected chi connectivity index (χ3v) is 4.74. The second-order valence-corrected chi connectivity index (χ2v) is 6.76. The van der Waals surface area contributed by atoms with Gasteiger partial charge in [0.2, 0.25) is 0 Å². The van der Waals surface area contributed by atoms with E-state index in [-0.39, 0.29) is 17.7 Å². The van der Waals surface area contributed by atoms with E-state index >= 15 is 0 Å². The molecule has 2 amide bonds. The van der Waals surface area contributed by atoms with Crippen LogP contribution in [0, 0.1) is 5.92 Å². The quantitative estimate of drug-likeness (QED) is 0.805. The number of carbonyl (C=O) groups excluding carboxylic acids is 2. The first-order valence-electron chi connectivity index (χ1n) is 8.56. The Labute approximate surface area is 157 Å². The smallest absolute Gasteiger partial charge is 0.321 e. The lowest BCUT2D eigenvalue weighted by Crippen LogP contribution is -2.44. The van der Waals surface area contributed by atoms with Gasteiger partial charge in [0, 0.05) is 41.3 Å². The number of likely N-dealkylation sites (tertiary alicyclic amines) is 1. The Morgan fingerprint density at radius 2 is 2.00 bits per heavy atom. The molecule has 5 nitrogen and oxygen atoms in total. The van der Waals surface area contributed by atoms with Gasteiger partial charge in [-0.15, -0.1) is 0 Å². The topological polar surface area (TPSA) is 58.6 Å². The van der Waals surface area contributed by atoms with E-state index in [9.17, 15) is 9.59 Å². The molecule has 3 rings (SSSR count). The fourth-order valence-electron chi connectivity index (χ4n) is 3.16. The normalized spacial score (nSPS) is 16.8. The Morgan fingerprint density at radius 1 is 1.19 bits per heavy atom. The number of benzene rings is 2. The fourth-order valence-corrected chi connectivity index (χ4v) is 3.35. The van der Waals surface area contributed by atoms with Crippen LogP contribution >= 0.6 is 11.6 Å². The zero-order valence-corrected chi connectivity index (χ0v) is 15.3. The number of Topliss-reactive ketones (excluding diaryl/α,β-unsaturated/α-hetero) is 1. The first-order chi connectivity index (χ1) is 12.6. The highest BCUT2D eigenvalue weighted by atomic mass is 35.5. The van der Waals surface area contributed by atoms with Crippen LogP contribution in [-0.2, 0) is 0 Å². The van der Waals surface area contributed by atoms with E-state index in [4.69, 9.17) is 16.3 Å². The Balaban J connectivity index is 1.65. The van der Waals surface area contributed by atoms with Gasteiger partial charge in [0.1, 0.15) is 5.75 Å². The van der Waals surface area contributed by atoms with E-state index in [0.29, 0.717) is 35.1 Å². The van der Waals surface area contributed by atoms with Crippen molar-refractivity contribution in [1.29, 1.82) is 0 Å². The second kappa shape index (κ2) is 8.23.